The predicted molar refractivity (Wildman–Crippen MR) is 135 cm³/mol. The number of carbonyl (C=O) groups is 2. The second kappa shape index (κ2) is 9.04. The molecule has 7 rings (SSSR count). The van der Waals surface area contributed by atoms with Crippen molar-refractivity contribution < 1.29 is 32.2 Å². The highest BCUT2D eigenvalue weighted by molar-refractivity contribution is 7.92. The van der Waals surface area contributed by atoms with Gasteiger partial charge < -0.3 is 14.2 Å². The van der Waals surface area contributed by atoms with Gasteiger partial charge in [-0.15, -0.1) is 0 Å². The molecule has 1 atom stereocenters. The van der Waals surface area contributed by atoms with Gasteiger partial charge in [-0.3, -0.25) is 9.52 Å². The third-order valence-electron chi connectivity index (χ3n) is 8.41. The monoisotopic (exact) mass is 525 g/mol. The van der Waals surface area contributed by atoms with Crippen LogP contribution in [-0.2, 0) is 19.6 Å². The van der Waals surface area contributed by atoms with E-state index in [2.05, 4.69) is 4.72 Å². The fourth-order valence-corrected chi connectivity index (χ4v) is 8.28. The summed E-state index contributed by atoms with van der Waals surface area (Å²) < 4.78 is 44.7. The van der Waals surface area contributed by atoms with Gasteiger partial charge in [0.05, 0.1) is 10.5 Å². The minimum Gasteiger partial charge on any atom is -0.486 e. The summed E-state index contributed by atoms with van der Waals surface area (Å²) in [4.78, 5) is 26.3. The van der Waals surface area contributed by atoms with Crippen molar-refractivity contribution in [3.8, 4) is 11.5 Å². The maximum atomic E-state index is 13.4. The fourth-order valence-electron chi connectivity index (χ4n) is 7.20. The lowest BCUT2D eigenvalue weighted by Crippen LogP contribution is -2.52. The maximum Gasteiger partial charge on any atom is 0.338 e. The normalized spacial score (nSPS) is 28.4. The molecule has 0 aromatic heterocycles. The SMILES string of the molecule is CC(OC(=O)c1ccc(NS(=O)(=O)c2ccc3c(c2)OCCO3)cc1)C(=O)C12CC3CC(CC(C3)C1)C2. The maximum absolute atomic E-state index is 13.4. The Morgan fingerprint density at radius 2 is 1.51 bits per heavy atom. The van der Waals surface area contributed by atoms with Gasteiger partial charge in [0.1, 0.15) is 13.2 Å². The van der Waals surface area contributed by atoms with Crippen molar-refractivity contribution in [3.05, 3.63) is 48.0 Å². The lowest BCUT2D eigenvalue weighted by Gasteiger charge is -2.56. The number of Topliss-reactive ketones (excluding diaryl/α,β-unsaturated/α-hetero) is 1. The van der Waals surface area contributed by atoms with Crippen molar-refractivity contribution in [2.24, 2.45) is 23.2 Å². The molecule has 1 aliphatic heterocycles. The third kappa shape index (κ3) is 4.58. The zero-order valence-electron chi connectivity index (χ0n) is 20.8. The van der Waals surface area contributed by atoms with Crippen LogP contribution in [0.1, 0.15) is 55.8 Å². The van der Waals surface area contributed by atoms with Gasteiger partial charge in [-0.1, -0.05) is 0 Å². The summed E-state index contributed by atoms with van der Waals surface area (Å²) >= 11 is 0. The summed E-state index contributed by atoms with van der Waals surface area (Å²) in [6.07, 6.45) is 5.70. The lowest BCUT2D eigenvalue weighted by molar-refractivity contribution is -0.152. The van der Waals surface area contributed by atoms with Crippen LogP contribution in [0.25, 0.3) is 0 Å². The largest absolute Gasteiger partial charge is 0.486 e. The van der Waals surface area contributed by atoms with Gasteiger partial charge in [0.2, 0.25) is 0 Å². The van der Waals surface area contributed by atoms with Crippen LogP contribution in [0.5, 0.6) is 11.5 Å². The highest BCUT2D eigenvalue weighted by Crippen LogP contribution is 2.60. The molecule has 0 saturated heterocycles. The number of ether oxygens (including phenoxy) is 3. The van der Waals surface area contributed by atoms with E-state index >= 15 is 0 Å². The molecule has 0 spiro atoms. The van der Waals surface area contributed by atoms with Crippen molar-refractivity contribution in [1.29, 1.82) is 0 Å². The van der Waals surface area contributed by atoms with E-state index in [1.807, 2.05) is 0 Å². The molecule has 8 nitrogen and oxygen atoms in total. The summed E-state index contributed by atoms with van der Waals surface area (Å²) in [7, 11) is -3.88. The van der Waals surface area contributed by atoms with E-state index in [0.717, 1.165) is 19.3 Å². The van der Waals surface area contributed by atoms with Gasteiger partial charge in [-0.05, 0) is 99.6 Å². The zero-order valence-corrected chi connectivity index (χ0v) is 21.6. The minimum atomic E-state index is -3.88. The van der Waals surface area contributed by atoms with Gasteiger partial charge in [-0.2, -0.15) is 0 Å². The van der Waals surface area contributed by atoms with Crippen molar-refractivity contribution in [2.75, 3.05) is 17.9 Å². The minimum absolute atomic E-state index is 0.0391. The highest BCUT2D eigenvalue weighted by Gasteiger charge is 2.55. The molecule has 37 heavy (non-hydrogen) atoms. The molecule has 4 fully saturated rings. The Morgan fingerprint density at radius 1 is 0.919 bits per heavy atom. The van der Waals surface area contributed by atoms with E-state index in [1.54, 1.807) is 13.0 Å². The summed E-state index contributed by atoms with van der Waals surface area (Å²) in [6.45, 7) is 2.45. The average Bonchev–Trinajstić information content (AvgIpc) is 2.87. The molecule has 1 heterocycles. The van der Waals surface area contributed by atoms with Gasteiger partial charge >= 0.3 is 5.97 Å². The van der Waals surface area contributed by atoms with Crippen molar-refractivity contribution in [1.82, 2.24) is 0 Å². The molecule has 1 unspecified atom stereocenters. The number of ketones is 1. The second-order valence-corrected chi connectivity index (χ2v) is 12.8. The first-order chi connectivity index (χ1) is 17.7. The molecule has 0 radical (unpaired) electrons. The number of nitrogens with one attached hydrogen (secondary N) is 1. The number of anilines is 1. The summed E-state index contributed by atoms with van der Waals surface area (Å²) in [6, 6.07) is 10.4. The summed E-state index contributed by atoms with van der Waals surface area (Å²) in [5.41, 5.74) is 0.223. The van der Waals surface area contributed by atoms with E-state index in [1.165, 1.54) is 55.7 Å². The second-order valence-electron chi connectivity index (χ2n) is 11.1. The fraction of sp³-hybridized carbons (Fsp3) is 0.500. The number of hydrogen-bond acceptors (Lipinski definition) is 7. The van der Waals surface area contributed by atoms with Gasteiger partial charge in [0, 0.05) is 17.2 Å². The molecule has 196 valence electrons. The van der Waals surface area contributed by atoms with Crippen LogP contribution < -0.4 is 14.2 Å². The van der Waals surface area contributed by atoms with Crippen molar-refractivity contribution in [2.45, 2.75) is 56.4 Å². The first kappa shape index (κ1) is 24.3. The number of benzene rings is 2. The van der Waals surface area contributed by atoms with E-state index in [-0.39, 0.29) is 21.7 Å². The molecule has 4 bridgehead atoms. The molecule has 1 N–H and O–H groups in total. The molecule has 0 amide bonds. The first-order valence-electron chi connectivity index (χ1n) is 13.0. The Bertz CT molecular complexity index is 1300. The summed E-state index contributed by atoms with van der Waals surface area (Å²) in [5, 5.41) is 0. The Hall–Kier alpha value is -3.07. The van der Waals surface area contributed by atoms with E-state index in [0.29, 0.717) is 48.2 Å². The van der Waals surface area contributed by atoms with Gasteiger partial charge in [0.15, 0.2) is 23.4 Å². The van der Waals surface area contributed by atoms with Crippen LogP contribution in [0.2, 0.25) is 0 Å². The molecular formula is C28H31NO7S. The first-order valence-corrected chi connectivity index (χ1v) is 14.5. The van der Waals surface area contributed by atoms with Crippen LogP contribution >= 0.6 is 0 Å². The summed E-state index contributed by atoms with van der Waals surface area (Å²) in [5.74, 6) is 2.26. The topological polar surface area (TPSA) is 108 Å². The third-order valence-corrected chi connectivity index (χ3v) is 9.79. The van der Waals surface area contributed by atoms with E-state index in [9.17, 15) is 18.0 Å². The number of rotatable bonds is 7. The zero-order chi connectivity index (χ0) is 25.8. The quantitative estimate of drug-likeness (QED) is 0.527. The van der Waals surface area contributed by atoms with E-state index in [4.69, 9.17) is 14.2 Å². The van der Waals surface area contributed by atoms with Crippen LogP contribution in [0, 0.1) is 23.2 Å². The predicted octanol–water partition coefficient (Wildman–Crippen LogP) is 4.59. The molecule has 2 aromatic rings. The van der Waals surface area contributed by atoms with Gasteiger partial charge in [0.25, 0.3) is 10.0 Å². The highest BCUT2D eigenvalue weighted by atomic mass is 32.2. The van der Waals surface area contributed by atoms with Crippen molar-refractivity contribution in [3.63, 3.8) is 0 Å². The molecular weight excluding hydrogens is 494 g/mol. The van der Waals surface area contributed by atoms with Crippen molar-refractivity contribution >= 4 is 27.5 Å². The van der Waals surface area contributed by atoms with Crippen LogP contribution in [-0.4, -0.2) is 39.5 Å². The molecule has 4 aliphatic carbocycles. The number of fused-ring (bicyclic) bond motifs is 1. The number of sulfonamides is 1. The average molecular weight is 526 g/mol. The van der Waals surface area contributed by atoms with Gasteiger partial charge in [-0.25, -0.2) is 13.2 Å². The smallest absolute Gasteiger partial charge is 0.338 e. The van der Waals surface area contributed by atoms with Crippen LogP contribution in [0.3, 0.4) is 0 Å². The number of hydrogen-bond donors (Lipinski definition) is 1. The standard InChI is InChI=1S/C28H31NO7S/c1-17(26(30)28-14-18-10-19(15-28)12-20(11-18)16-28)36-27(31)21-2-4-22(5-3-21)29-37(32,33)23-6-7-24-25(13-23)35-9-8-34-24/h2-7,13,17-20,29H,8-12,14-16H2,1H3. The lowest BCUT2D eigenvalue weighted by atomic mass is 9.48. The van der Waals surface area contributed by atoms with E-state index < -0.39 is 22.1 Å². The van der Waals surface area contributed by atoms with Crippen LogP contribution in [0.4, 0.5) is 5.69 Å². The molecule has 5 aliphatic rings. The molecule has 9 heteroatoms. The Morgan fingerprint density at radius 3 is 2.14 bits per heavy atom. The molecule has 2 aromatic carbocycles. The number of carbonyl (C=O) groups excluding carboxylic acids is 2. The Balaban J connectivity index is 1.10. The van der Waals surface area contributed by atoms with Crippen LogP contribution in [0.15, 0.2) is 47.4 Å². The number of esters is 1. The Kier molecular flexibility index (Phi) is 5.93. The molecule has 4 saturated carbocycles. The Labute approximate surface area is 216 Å².